The summed E-state index contributed by atoms with van der Waals surface area (Å²) in [6.45, 7) is 6.42. The molecule has 24 heavy (non-hydrogen) atoms. The van der Waals surface area contributed by atoms with E-state index >= 15 is 0 Å². The summed E-state index contributed by atoms with van der Waals surface area (Å²) >= 11 is 0. The van der Waals surface area contributed by atoms with Crippen molar-refractivity contribution in [1.29, 1.82) is 0 Å². The topological polar surface area (TPSA) is 65.9 Å². The predicted octanol–water partition coefficient (Wildman–Crippen LogP) is 2.69. The van der Waals surface area contributed by atoms with E-state index in [-0.39, 0.29) is 12.0 Å². The number of ether oxygens (including phenoxy) is 1. The first-order valence-corrected chi connectivity index (χ1v) is 9.99. The number of rotatable bonds is 9. The van der Waals surface area contributed by atoms with Crippen molar-refractivity contribution in [3.63, 3.8) is 0 Å². The van der Waals surface area contributed by atoms with Gasteiger partial charge < -0.3 is 20.5 Å². The minimum absolute atomic E-state index is 0.0270. The van der Waals surface area contributed by atoms with E-state index in [1.165, 1.54) is 44.9 Å². The van der Waals surface area contributed by atoms with E-state index in [2.05, 4.69) is 17.6 Å². The number of hydrogen-bond acceptors (Lipinski definition) is 3. The van der Waals surface area contributed by atoms with Gasteiger partial charge in [-0.3, -0.25) is 4.99 Å². The van der Waals surface area contributed by atoms with E-state index in [1.54, 1.807) is 0 Å². The number of guanidine groups is 1. The van der Waals surface area contributed by atoms with Crippen LogP contribution in [0.5, 0.6) is 0 Å². The maximum absolute atomic E-state index is 9.32. The molecule has 1 unspecified atom stereocenters. The number of aliphatic hydroxyl groups excluding tert-OH is 1. The van der Waals surface area contributed by atoms with Crippen LogP contribution in [0.3, 0.4) is 0 Å². The van der Waals surface area contributed by atoms with Crippen LogP contribution in [-0.4, -0.2) is 50.5 Å². The van der Waals surface area contributed by atoms with Crippen LogP contribution in [0.2, 0.25) is 0 Å². The molecule has 1 aliphatic heterocycles. The average Bonchev–Trinajstić information content (AvgIpc) is 3.06. The Morgan fingerprint density at radius 2 is 2.08 bits per heavy atom. The number of hydrogen-bond donors (Lipinski definition) is 3. The molecule has 1 heterocycles. The molecule has 0 spiro atoms. The number of aliphatic hydroxyl groups is 1. The van der Waals surface area contributed by atoms with E-state index in [1.807, 2.05) is 0 Å². The van der Waals surface area contributed by atoms with E-state index < -0.39 is 0 Å². The zero-order chi connectivity index (χ0) is 17.1. The van der Waals surface area contributed by atoms with Crippen LogP contribution in [-0.2, 0) is 4.74 Å². The Kier molecular flexibility index (Phi) is 8.89. The van der Waals surface area contributed by atoms with Crippen LogP contribution in [0.4, 0.5) is 0 Å². The molecule has 0 aromatic rings. The van der Waals surface area contributed by atoms with Gasteiger partial charge in [0.25, 0.3) is 0 Å². The van der Waals surface area contributed by atoms with Gasteiger partial charge in [0.05, 0.1) is 13.2 Å². The lowest BCUT2D eigenvalue weighted by Gasteiger charge is -2.25. The van der Waals surface area contributed by atoms with Crippen molar-refractivity contribution in [3.8, 4) is 0 Å². The van der Waals surface area contributed by atoms with Crippen molar-refractivity contribution >= 4 is 5.96 Å². The third kappa shape index (κ3) is 6.60. The van der Waals surface area contributed by atoms with Gasteiger partial charge in [-0.1, -0.05) is 32.1 Å². The molecule has 140 valence electrons. The zero-order valence-corrected chi connectivity index (χ0v) is 15.5. The molecule has 2 aliphatic rings. The summed E-state index contributed by atoms with van der Waals surface area (Å²) in [7, 11) is 0. The van der Waals surface area contributed by atoms with Crippen LogP contribution in [0.25, 0.3) is 0 Å². The van der Waals surface area contributed by atoms with Crippen LogP contribution in [0.15, 0.2) is 4.99 Å². The zero-order valence-electron chi connectivity index (χ0n) is 15.5. The molecule has 3 N–H and O–H groups in total. The Labute approximate surface area is 147 Å². The van der Waals surface area contributed by atoms with Gasteiger partial charge in [0, 0.05) is 31.7 Å². The Bertz CT molecular complexity index is 362. The van der Waals surface area contributed by atoms with E-state index in [0.29, 0.717) is 0 Å². The highest BCUT2D eigenvalue weighted by Gasteiger charge is 2.34. The van der Waals surface area contributed by atoms with E-state index in [0.717, 1.165) is 57.6 Å². The van der Waals surface area contributed by atoms with Gasteiger partial charge in [0.1, 0.15) is 0 Å². The van der Waals surface area contributed by atoms with E-state index in [9.17, 15) is 5.11 Å². The third-order valence-electron chi connectivity index (χ3n) is 5.55. The van der Waals surface area contributed by atoms with Gasteiger partial charge in [-0.05, 0) is 38.5 Å². The third-order valence-corrected chi connectivity index (χ3v) is 5.55. The Balaban J connectivity index is 1.73. The lowest BCUT2D eigenvalue weighted by atomic mass is 9.84. The summed E-state index contributed by atoms with van der Waals surface area (Å²) in [6.07, 6.45) is 11.5. The average molecular weight is 340 g/mol. The largest absolute Gasteiger partial charge is 0.396 e. The molecular weight excluding hydrogens is 302 g/mol. The van der Waals surface area contributed by atoms with Crippen molar-refractivity contribution in [2.45, 2.75) is 64.7 Å². The smallest absolute Gasteiger partial charge is 0.191 e. The summed E-state index contributed by atoms with van der Waals surface area (Å²) in [5, 5.41) is 16.1. The fourth-order valence-electron chi connectivity index (χ4n) is 3.95. The Morgan fingerprint density at radius 3 is 2.75 bits per heavy atom. The first-order chi connectivity index (χ1) is 11.8. The molecule has 0 aromatic carbocycles. The second-order valence-electron chi connectivity index (χ2n) is 7.54. The van der Waals surface area contributed by atoms with Crippen LogP contribution >= 0.6 is 0 Å². The second-order valence-corrected chi connectivity index (χ2v) is 7.54. The van der Waals surface area contributed by atoms with E-state index in [4.69, 9.17) is 9.73 Å². The summed E-state index contributed by atoms with van der Waals surface area (Å²) < 4.78 is 5.55. The summed E-state index contributed by atoms with van der Waals surface area (Å²) in [5.74, 6) is 1.86. The molecule has 2 fully saturated rings. The van der Waals surface area contributed by atoms with Crippen molar-refractivity contribution in [1.82, 2.24) is 10.6 Å². The first kappa shape index (κ1) is 19.5. The standard InChI is InChI=1S/C19H37N3O2/c1-2-20-18(21-12-6-9-17-7-4-3-5-8-17)22-15-19(10-13-23)11-14-24-16-19/h17,23H,2-16H2,1H3,(H2,20,21,22). The summed E-state index contributed by atoms with van der Waals surface area (Å²) in [5.41, 5.74) is 0.0270. The highest BCUT2D eigenvalue weighted by Crippen LogP contribution is 2.32. The number of nitrogens with one attached hydrogen (secondary N) is 2. The van der Waals surface area contributed by atoms with Gasteiger partial charge >= 0.3 is 0 Å². The molecule has 2 rings (SSSR count). The number of aliphatic imine (C=N–C) groups is 1. The summed E-state index contributed by atoms with van der Waals surface area (Å²) in [6, 6.07) is 0. The van der Waals surface area contributed by atoms with Gasteiger partial charge in [-0.15, -0.1) is 0 Å². The molecule has 5 heteroatoms. The van der Waals surface area contributed by atoms with Gasteiger partial charge in [0.2, 0.25) is 0 Å². The maximum Gasteiger partial charge on any atom is 0.191 e. The lowest BCUT2D eigenvalue weighted by Crippen LogP contribution is -2.39. The lowest BCUT2D eigenvalue weighted by molar-refractivity contribution is 0.131. The van der Waals surface area contributed by atoms with Gasteiger partial charge in [-0.25, -0.2) is 0 Å². The van der Waals surface area contributed by atoms with Gasteiger partial charge in [0.15, 0.2) is 5.96 Å². The quantitative estimate of drug-likeness (QED) is 0.343. The Hall–Kier alpha value is -0.810. The molecule has 1 aliphatic carbocycles. The van der Waals surface area contributed by atoms with Crippen LogP contribution < -0.4 is 10.6 Å². The molecule has 5 nitrogen and oxygen atoms in total. The molecule has 0 amide bonds. The minimum Gasteiger partial charge on any atom is -0.396 e. The fourth-order valence-corrected chi connectivity index (χ4v) is 3.95. The molecule has 0 aromatic heterocycles. The highest BCUT2D eigenvalue weighted by atomic mass is 16.5. The first-order valence-electron chi connectivity index (χ1n) is 9.99. The predicted molar refractivity (Wildman–Crippen MR) is 99.4 cm³/mol. The molecule has 0 radical (unpaired) electrons. The minimum atomic E-state index is 0.0270. The van der Waals surface area contributed by atoms with Crippen molar-refractivity contribution < 1.29 is 9.84 Å². The fraction of sp³-hybridized carbons (Fsp3) is 0.947. The molecule has 1 atom stereocenters. The van der Waals surface area contributed by atoms with Crippen LogP contribution in [0.1, 0.15) is 64.7 Å². The molecule has 1 saturated carbocycles. The number of nitrogens with zero attached hydrogens (tertiary/aromatic N) is 1. The molecule has 0 bridgehead atoms. The summed E-state index contributed by atoms with van der Waals surface area (Å²) in [4.78, 5) is 4.77. The van der Waals surface area contributed by atoms with Crippen molar-refractivity contribution in [3.05, 3.63) is 0 Å². The second kappa shape index (κ2) is 10.9. The van der Waals surface area contributed by atoms with Gasteiger partial charge in [-0.2, -0.15) is 0 Å². The Morgan fingerprint density at radius 1 is 1.25 bits per heavy atom. The monoisotopic (exact) mass is 339 g/mol. The maximum atomic E-state index is 9.32. The molecule has 1 saturated heterocycles. The normalized spacial score (nSPS) is 25.8. The molecular formula is C19H37N3O2. The highest BCUT2D eigenvalue weighted by molar-refractivity contribution is 5.79. The SMILES string of the molecule is CCNC(=NCC1(CCO)CCOC1)NCCCC1CCCCC1. The van der Waals surface area contributed by atoms with Crippen LogP contribution in [0, 0.1) is 11.3 Å². The van der Waals surface area contributed by atoms with Crippen molar-refractivity contribution in [2.75, 3.05) is 39.5 Å². The van der Waals surface area contributed by atoms with Crippen molar-refractivity contribution in [2.24, 2.45) is 16.3 Å².